The van der Waals surface area contributed by atoms with Gasteiger partial charge in [-0.1, -0.05) is 0 Å². The van der Waals surface area contributed by atoms with E-state index < -0.39 is 62.4 Å². The van der Waals surface area contributed by atoms with Crippen molar-refractivity contribution >= 4 is 41.4 Å². The predicted molar refractivity (Wildman–Crippen MR) is 96.1 cm³/mol. The second kappa shape index (κ2) is 7.43. The lowest BCUT2D eigenvalue weighted by Crippen LogP contribution is -2.11. The molecule has 0 aliphatic carbocycles. The third-order valence-corrected chi connectivity index (χ3v) is 5.44. The Labute approximate surface area is 157 Å². The number of nitrogens with zero attached hydrogens (tertiary/aromatic N) is 2. The molecule has 28 heavy (non-hydrogen) atoms. The van der Waals surface area contributed by atoms with Crippen LogP contribution in [0.5, 0.6) is 0 Å². The molecule has 0 aromatic heterocycles. The smallest absolute Gasteiger partial charge is 0.282 e. The molecular weight excluding hydrogens is 420 g/mol. The molecule has 2 aromatic carbocycles. The van der Waals surface area contributed by atoms with Crippen molar-refractivity contribution < 1.29 is 35.8 Å². The first-order chi connectivity index (χ1) is 12.8. The highest BCUT2D eigenvalue weighted by Gasteiger charge is 2.31. The number of rotatable bonds is 6. The number of benzene rings is 2. The summed E-state index contributed by atoms with van der Waals surface area (Å²) in [6.07, 6.45) is 0. The summed E-state index contributed by atoms with van der Waals surface area (Å²) in [6.45, 7) is 0. The van der Waals surface area contributed by atoms with E-state index >= 15 is 0 Å². The zero-order valence-corrected chi connectivity index (χ0v) is 15.1. The van der Waals surface area contributed by atoms with Crippen LogP contribution in [-0.4, -0.2) is 35.8 Å². The Morgan fingerprint density at radius 3 is 1.07 bits per heavy atom. The Kier molecular flexibility index (Phi) is 5.60. The van der Waals surface area contributed by atoms with Crippen molar-refractivity contribution in [2.45, 2.75) is 0 Å². The van der Waals surface area contributed by atoms with Crippen LogP contribution >= 0.6 is 0 Å². The van der Waals surface area contributed by atoms with Crippen molar-refractivity contribution in [1.29, 1.82) is 0 Å². The zero-order valence-electron chi connectivity index (χ0n) is 13.5. The van der Waals surface area contributed by atoms with Crippen LogP contribution in [0.25, 0.3) is 9.81 Å². The normalized spacial score (nSPS) is 12.9. The second-order valence-corrected chi connectivity index (χ2v) is 7.93. The van der Waals surface area contributed by atoms with Gasteiger partial charge < -0.3 is 0 Å². The summed E-state index contributed by atoms with van der Waals surface area (Å²) in [6, 6.07) is 6.87. The Morgan fingerprint density at radius 2 is 0.893 bits per heavy atom. The first-order valence-electron chi connectivity index (χ1n) is 7.01. The van der Waals surface area contributed by atoms with Gasteiger partial charge in [0.2, 0.25) is 0 Å². The summed E-state index contributed by atoms with van der Waals surface area (Å²) in [5.74, 6) is 0. The third-order valence-electron chi connectivity index (χ3n) is 3.40. The topological polar surface area (TPSA) is 195 Å². The number of hydrogen-bond acceptors (Lipinski definition) is 8. The van der Waals surface area contributed by atoms with Gasteiger partial charge in [-0.2, -0.15) is 16.8 Å². The van der Waals surface area contributed by atoms with Crippen LogP contribution in [0.15, 0.2) is 48.5 Å². The standard InChI is InChI=1S/C14H10N2O10S2/c17-15(18)11-5-1-9(2-6-11)13(27(21,22)23)14(28(24,25)26)10-3-7-12(8-4-10)16(19)20/h1-8H,(H,21,22,23)(H,24,25,26). The molecule has 0 aliphatic rings. The zero-order chi connectivity index (χ0) is 21.3. The molecular formula is C14H10N2O10S2. The third kappa shape index (κ3) is 4.55. The average molecular weight is 430 g/mol. The Hall–Kier alpha value is -3.20. The molecule has 12 nitrogen and oxygen atoms in total. The molecule has 0 unspecified atom stereocenters. The Balaban J connectivity index is 2.88. The van der Waals surface area contributed by atoms with E-state index in [0.717, 1.165) is 48.5 Å². The van der Waals surface area contributed by atoms with E-state index in [2.05, 4.69) is 0 Å². The Morgan fingerprint density at radius 1 is 0.643 bits per heavy atom. The van der Waals surface area contributed by atoms with Gasteiger partial charge >= 0.3 is 0 Å². The van der Waals surface area contributed by atoms with Gasteiger partial charge in [-0.3, -0.25) is 29.3 Å². The maximum absolute atomic E-state index is 11.9. The van der Waals surface area contributed by atoms with Crippen molar-refractivity contribution in [3.05, 3.63) is 79.9 Å². The van der Waals surface area contributed by atoms with Crippen LogP contribution in [0.4, 0.5) is 11.4 Å². The molecule has 0 fully saturated rings. The lowest BCUT2D eigenvalue weighted by Gasteiger charge is -2.12. The highest BCUT2D eigenvalue weighted by atomic mass is 32.2. The number of hydrogen-bond donors (Lipinski definition) is 2. The van der Waals surface area contributed by atoms with Crippen LogP contribution in [-0.2, 0) is 20.2 Å². The minimum atomic E-state index is -5.27. The van der Waals surface area contributed by atoms with Crippen LogP contribution in [0.1, 0.15) is 11.1 Å². The van der Waals surface area contributed by atoms with Gasteiger partial charge in [-0.15, -0.1) is 0 Å². The minimum Gasteiger partial charge on any atom is -0.282 e. The monoisotopic (exact) mass is 430 g/mol. The summed E-state index contributed by atoms with van der Waals surface area (Å²) in [5, 5.41) is 21.4. The largest absolute Gasteiger partial charge is 0.296 e. The molecule has 0 amide bonds. The molecule has 0 saturated heterocycles. The average Bonchev–Trinajstić information content (AvgIpc) is 2.57. The van der Waals surface area contributed by atoms with Gasteiger partial charge in [0.05, 0.1) is 9.85 Å². The molecule has 0 atom stereocenters. The first kappa shape index (κ1) is 21.1. The van der Waals surface area contributed by atoms with E-state index in [1.165, 1.54) is 0 Å². The summed E-state index contributed by atoms with van der Waals surface area (Å²) in [4.78, 5) is 17.3. The van der Waals surface area contributed by atoms with E-state index in [1.807, 2.05) is 0 Å². The fourth-order valence-electron chi connectivity index (χ4n) is 2.26. The van der Waals surface area contributed by atoms with E-state index in [0.29, 0.717) is 0 Å². The van der Waals surface area contributed by atoms with Crippen molar-refractivity contribution in [2.24, 2.45) is 0 Å². The van der Waals surface area contributed by atoms with E-state index in [1.54, 1.807) is 0 Å². The molecule has 0 saturated carbocycles. The molecule has 0 bridgehead atoms. The quantitative estimate of drug-likeness (QED) is 0.296. The summed E-state index contributed by atoms with van der Waals surface area (Å²) < 4.78 is 66.6. The van der Waals surface area contributed by atoms with Gasteiger partial charge in [0.1, 0.15) is 9.81 Å². The predicted octanol–water partition coefficient (Wildman–Crippen LogP) is 2.10. The van der Waals surface area contributed by atoms with E-state index in [9.17, 15) is 46.2 Å². The van der Waals surface area contributed by atoms with Gasteiger partial charge in [-0.05, 0) is 35.4 Å². The maximum atomic E-state index is 11.9. The fourth-order valence-corrected chi connectivity index (χ4v) is 4.47. The van der Waals surface area contributed by atoms with Crippen LogP contribution in [0.3, 0.4) is 0 Å². The molecule has 0 aliphatic heterocycles. The van der Waals surface area contributed by atoms with Crippen LogP contribution in [0, 0.1) is 20.2 Å². The van der Waals surface area contributed by atoms with Crippen molar-refractivity contribution in [3.8, 4) is 0 Å². The molecule has 0 heterocycles. The summed E-state index contributed by atoms with van der Waals surface area (Å²) in [7, 11) is -10.5. The summed E-state index contributed by atoms with van der Waals surface area (Å²) in [5.41, 5.74) is -1.83. The van der Waals surface area contributed by atoms with Crippen LogP contribution in [0.2, 0.25) is 0 Å². The molecule has 2 rings (SSSR count). The van der Waals surface area contributed by atoms with Gasteiger partial charge in [-0.25, -0.2) is 0 Å². The lowest BCUT2D eigenvalue weighted by molar-refractivity contribution is -0.385. The van der Waals surface area contributed by atoms with Crippen molar-refractivity contribution in [2.75, 3.05) is 0 Å². The molecule has 0 radical (unpaired) electrons. The highest BCUT2D eigenvalue weighted by Crippen LogP contribution is 2.35. The molecule has 2 aromatic rings. The highest BCUT2D eigenvalue weighted by molar-refractivity contribution is 8.01. The molecule has 14 heteroatoms. The number of nitro benzene ring substituents is 2. The van der Waals surface area contributed by atoms with Crippen molar-refractivity contribution in [3.63, 3.8) is 0 Å². The maximum Gasteiger partial charge on any atom is 0.296 e. The van der Waals surface area contributed by atoms with E-state index in [-0.39, 0.29) is 0 Å². The van der Waals surface area contributed by atoms with E-state index in [4.69, 9.17) is 0 Å². The number of non-ortho nitro benzene ring substituents is 2. The molecule has 0 spiro atoms. The lowest BCUT2D eigenvalue weighted by atomic mass is 10.1. The van der Waals surface area contributed by atoms with Gasteiger partial charge in [0, 0.05) is 24.3 Å². The van der Waals surface area contributed by atoms with Crippen LogP contribution < -0.4 is 0 Å². The first-order valence-corrected chi connectivity index (χ1v) is 9.89. The Bertz CT molecular complexity index is 1090. The fraction of sp³-hybridized carbons (Fsp3) is 0. The van der Waals surface area contributed by atoms with Gasteiger partial charge in [0.15, 0.2) is 0 Å². The molecule has 148 valence electrons. The van der Waals surface area contributed by atoms with Gasteiger partial charge in [0.25, 0.3) is 31.6 Å². The second-order valence-electron chi connectivity index (χ2n) is 5.22. The molecule has 2 N–H and O–H groups in total. The minimum absolute atomic E-state index is 0.442. The SMILES string of the molecule is O=[N+]([O-])c1ccc(C(=C(c2ccc([N+](=O)[O-])cc2)S(=O)(=O)O)S(=O)(=O)O)cc1. The van der Waals surface area contributed by atoms with Crippen molar-refractivity contribution in [1.82, 2.24) is 0 Å². The number of nitro groups is 2. The summed E-state index contributed by atoms with van der Waals surface area (Å²) >= 11 is 0.